The molecule has 0 radical (unpaired) electrons. The summed E-state index contributed by atoms with van der Waals surface area (Å²) in [5.74, 6) is 0.137. The standard InChI is InChI=1S/C24H31N3O2/c1-2-20-10-6-7-11-22(20)26-24(29)18-27-16-14-21(15-17-27)25-23(28)13-12-19-8-4-3-5-9-19/h3-11,21H,2,12-18H2,1H3,(H,25,28)(H,26,29). The quantitative estimate of drug-likeness (QED) is 0.723. The molecule has 1 aliphatic heterocycles. The molecule has 0 bridgehead atoms. The number of hydrogen-bond acceptors (Lipinski definition) is 3. The molecule has 5 nitrogen and oxygen atoms in total. The molecule has 154 valence electrons. The van der Waals surface area contributed by atoms with Crippen molar-refractivity contribution in [3.05, 3.63) is 65.7 Å². The number of amides is 2. The van der Waals surface area contributed by atoms with Crippen LogP contribution in [0.1, 0.15) is 37.3 Å². The molecule has 1 heterocycles. The molecule has 2 N–H and O–H groups in total. The van der Waals surface area contributed by atoms with Crippen molar-refractivity contribution in [2.45, 2.75) is 45.1 Å². The largest absolute Gasteiger partial charge is 0.353 e. The number of rotatable bonds is 8. The van der Waals surface area contributed by atoms with Crippen LogP contribution >= 0.6 is 0 Å². The Labute approximate surface area is 173 Å². The predicted octanol–water partition coefficient (Wildman–Crippen LogP) is 3.40. The Bertz CT molecular complexity index is 799. The molecule has 0 saturated carbocycles. The highest BCUT2D eigenvalue weighted by molar-refractivity contribution is 5.93. The van der Waals surface area contributed by atoms with Crippen molar-refractivity contribution in [1.29, 1.82) is 0 Å². The fraction of sp³-hybridized carbons (Fsp3) is 0.417. The van der Waals surface area contributed by atoms with E-state index in [1.807, 2.05) is 42.5 Å². The number of benzene rings is 2. The number of likely N-dealkylation sites (tertiary alicyclic amines) is 1. The van der Waals surface area contributed by atoms with Crippen LogP contribution in [0.25, 0.3) is 0 Å². The highest BCUT2D eigenvalue weighted by Gasteiger charge is 2.22. The Hall–Kier alpha value is -2.66. The van der Waals surface area contributed by atoms with E-state index < -0.39 is 0 Å². The Balaban J connectivity index is 1.36. The van der Waals surface area contributed by atoms with Crippen LogP contribution in [0.3, 0.4) is 0 Å². The van der Waals surface area contributed by atoms with Gasteiger partial charge in [-0.15, -0.1) is 0 Å². The van der Waals surface area contributed by atoms with E-state index in [9.17, 15) is 9.59 Å². The molecule has 1 saturated heterocycles. The highest BCUT2D eigenvalue weighted by Crippen LogP contribution is 2.16. The topological polar surface area (TPSA) is 61.4 Å². The number of hydrogen-bond donors (Lipinski definition) is 2. The molecule has 1 fully saturated rings. The van der Waals surface area contributed by atoms with Crippen molar-refractivity contribution in [2.75, 3.05) is 25.0 Å². The first-order chi connectivity index (χ1) is 14.1. The number of piperidine rings is 1. The van der Waals surface area contributed by atoms with Crippen molar-refractivity contribution in [1.82, 2.24) is 10.2 Å². The van der Waals surface area contributed by atoms with E-state index >= 15 is 0 Å². The third kappa shape index (κ3) is 6.71. The van der Waals surface area contributed by atoms with Gasteiger partial charge < -0.3 is 10.6 Å². The van der Waals surface area contributed by atoms with Gasteiger partial charge in [0.05, 0.1) is 6.54 Å². The van der Waals surface area contributed by atoms with Crippen LogP contribution in [0, 0.1) is 0 Å². The summed E-state index contributed by atoms with van der Waals surface area (Å²) in [6, 6.07) is 18.2. The Morgan fingerprint density at radius 3 is 2.38 bits per heavy atom. The van der Waals surface area contributed by atoms with Crippen molar-refractivity contribution in [2.24, 2.45) is 0 Å². The van der Waals surface area contributed by atoms with Crippen molar-refractivity contribution in [3.63, 3.8) is 0 Å². The normalized spacial score (nSPS) is 15.1. The SMILES string of the molecule is CCc1ccccc1NC(=O)CN1CCC(NC(=O)CCc2ccccc2)CC1. The van der Waals surface area contributed by atoms with Gasteiger partial charge >= 0.3 is 0 Å². The second kappa shape index (κ2) is 10.8. The first-order valence-electron chi connectivity index (χ1n) is 10.6. The molecule has 0 aliphatic carbocycles. The van der Waals surface area contributed by atoms with Crippen LogP contribution in [0.15, 0.2) is 54.6 Å². The number of aryl methyl sites for hydroxylation is 2. The minimum absolute atomic E-state index is 0.0243. The molecular weight excluding hydrogens is 362 g/mol. The van der Waals surface area contributed by atoms with Crippen LogP contribution < -0.4 is 10.6 Å². The zero-order valence-corrected chi connectivity index (χ0v) is 17.2. The summed E-state index contributed by atoms with van der Waals surface area (Å²) in [6.07, 6.45) is 3.95. The summed E-state index contributed by atoms with van der Waals surface area (Å²) >= 11 is 0. The Morgan fingerprint density at radius 2 is 1.66 bits per heavy atom. The molecule has 2 aromatic rings. The summed E-state index contributed by atoms with van der Waals surface area (Å²) in [6.45, 7) is 4.13. The van der Waals surface area contributed by atoms with Gasteiger partial charge in [0.1, 0.15) is 0 Å². The summed E-state index contributed by atoms with van der Waals surface area (Å²) in [4.78, 5) is 26.8. The number of anilines is 1. The average molecular weight is 394 g/mol. The van der Waals surface area contributed by atoms with Crippen LogP contribution in [-0.4, -0.2) is 42.4 Å². The Kier molecular flexibility index (Phi) is 7.82. The zero-order chi connectivity index (χ0) is 20.5. The zero-order valence-electron chi connectivity index (χ0n) is 17.2. The maximum absolute atomic E-state index is 12.4. The average Bonchev–Trinajstić information content (AvgIpc) is 2.75. The third-order valence-corrected chi connectivity index (χ3v) is 5.48. The van der Waals surface area contributed by atoms with Gasteiger partial charge in [-0.2, -0.15) is 0 Å². The van der Waals surface area contributed by atoms with Crippen LogP contribution in [0.4, 0.5) is 5.69 Å². The lowest BCUT2D eigenvalue weighted by molar-refractivity contribution is -0.122. The van der Waals surface area contributed by atoms with Gasteiger partial charge in [-0.1, -0.05) is 55.5 Å². The van der Waals surface area contributed by atoms with E-state index in [0.717, 1.165) is 50.0 Å². The summed E-state index contributed by atoms with van der Waals surface area (Å²) < 4.78 is 0. The number of nitrogens with one attached hydrogen (secondary N) is 2. The fourth-order valence-corrected chi connectivity index (χ4v) is 3.78. The number of carbonyl (C=O) groups excluding carboxylic acids is 2. The molecule has 0 spiro atoms. The van der Waals surface area contributed by atoms with Gasteiger partial charge in [-0.25, -0.2) is 0 Å². The van der Waals surface area contributed by atoms with Crippen LogP contribution in [0.5, 0.6) is 0 Å². The predicted molar refractivity (Wildman–Crippen MR) is 117 cm³/mol. The number of para-hydroxylation sites is 1. The second-order valence-electron chi connectivity index (χ2n) is 7.66. The smallest absolute Gasteiger partial charge is 0.238 e. The minimum Gasteiger partial charge on any atom is -0.353 e. The molecule has 3 rings (SSSR count). The maximum Gasteiger partial charge on any atom is 0.238 e. The fourth-order valence-electron chi connectivity index (χ4n) is 3.78. The molecule has 0 unspecified atom stereocenters. The van der Waals surface area contributed by atoms with Gasteiger partial charge in [0, 0.05) is 31.2 Å². The monoisotopic (exact) mass is 393 g/mol. The lowest BCUT2D eigenvalue weighted by atomic mass is 10.0. The lowest BCUT2D eigenvalue weighted by Crippen LogP contribution is -2.46. The molecule has 5 heteroatoms. The van der Waals surface area contributed by atoms with E-state index in [4.69, 9.17) is 0 Å². The van der Waals surface area contributed by atoms with E-state index in [-0.39, 0.29) is 17.9 Å². The van der Waals surface area contributed by atoms with Crippen LogP contribution in [-0.2, 0) is 22.4 Å². The van der Waals surface area contributed by atoms with E-state index in [1.165, 1.54) is 5.56 Å². The maximum atomic E-state index is 12.4. The lowest BCUT2D eigenvalue weighted by Gasteiger charge is -2.32. The molecule has 0 aromatic heterocycles. The van der Waals surface area contributed by atoms with Gasteiger partial charge in [0.2, 0.25) is 11.8 Å². The first kappa shape index (κ1) is 21.1. The molecule has 1 aliphatic rings. The van der Waals surface area contributed by atoms with E-state index in [0.29, 0.717) is 13.0 Å². The van der Waals surface area contributed by atoms with Crippen molar-refractivity contribution in [3.8, 4) is 0 Å². The number of carbonyl (C=O) groups is 2. The highest BCUT2D eigenvalue weighted by atomic mass is 16.2. The summed E-state index contributed by atoms with van der Waals surface area (Å²) in [7, 11) is 0. The van der Waals surface area contributed by atoms with Gasteiger partial charge in [0.15, 0.2) is 0 Å². The molecule has 0 atom stereocenters. The van der Waals surface area contributed by atoms with E-state index in [2.05, 4.69) is 34.6 Å². The molecular formula is C24H31N3O2. The van der Waals surface area contributed by atoms with Crippen molar-refractivity contribution >= 4 is 17.5 Å². The van der Waals surface area contributed by atoms with Gasteiger partial charge in [0.25, 0.3) is 0 Å². The van der Waals surface area contributed by atoms with E-state index in [1.54, 1.807) is 0 Å². The van der Waals surface area contributed by atoms with Gasteiger partial charge in [-0.3, -0.25) is 14.5 Å². The number of nitrogens with zero attached hydrogens (tertiary/aromatic N) is 1. The second-order valence-corrected chi connectivity index (χ2v) is 7.66. The van der Waals surface area contributed by atoms with Crippen LogP contribution in [0.2, 0.25) is 0 Å². The summed E-state index contributed by atoms with van der Waals surface area (Å²) in [5, 5.41) is 6.19. The minimum atomic E-state index is 0.0243. The third-order valence-electron chi connectivity index (χ3n) is 5.48. The molecule has 2 amide bonds. The summed E-state index contributed by atoms with van der Waals surface area (Å²) in [5.41, 5.74) is 3.24. The van der Waals surface area contributed by atoms with Gasteiger partial charge in [-0.05, 0) is 42.9 Å². The first-order valence-corrected chi connectivity index (χ1v) is 10.6. The molecule has 2 aromatic carbocycles. The Morgan fingerprint density at radius 1 is 0.966 bits per heavy atom. The molecule has 29 heavy (non-hydrogen) atoms. The van der Waals surface area contributed by atoms with Crippen molar-refractivity contribution < 1.29 is 9.59 Å².